The molecule has 0 aliphatic rings. The normalized spacial score (nSPS) is 11.6. The maximum Gasteiger partial charge on any atom is 0.0433 e. The van der Waals surface area contributed by atoms with Gasteiger partial charge in [-0.25, -0.2) is 0 Å². The fourth-order valence-electron chi connectivity index (χ4n) is 5.53. The lowest BCUT2D eigenvalue weighted by Crippen LogP contribution is -1.90. The van der Waals surface area contributed by atoms with Crippen LogP contribution in [0.15, 0.2) is 133 Å². The van der Waals surface area contributed by atoms with Crippen molar-refractivity contribution >= 4 is 74.4 Å². The van der Waals surface area contributed by atoms with Crippen LogP contribution in [0.2, 0.25) is 0 Å². The second-order valence-electron chi connectivity index (χ2n) is 9.87. The molecule has 8 aromatic rings. The molecule has 3 heteroatoms. The molecular formula is C36H23NS2. The molecular weight excluding hydrogens is 511 g/mol. The predicted octanol–water partition coefficient (Wildman–Crippen LogP) is 11.5. The van der Waals surface area contributed by atoms with Crippen LogP contribution in [-0.2, 0) is 0 Å². The Morgan fingerprint density at radius 3 is 1.69 bits per heavy atom. The minimum Gasteiger partial charge on any atom is -0.356 e. The summed E-state index contributed by atoms with van der Waals surface area (Å²) in [5.41, 5.74) is 7.17. The van der Waals surface area contributed by atoms with E-state index in [1.165, 1.54) is 62.6 Å². The topological polar surface area (TPSA) is 12.0 Å². The first kappa shape index (κ1) is 22.5. The van der Waals surface area contributed by atoms with Gasteiger partial charge in [0.15, 0.2) is 0 Å². The van der Waals surface area contributed by atoms with Gasteiger partial charge in [-0.2, -0.15) is 0 Å². The van der Waals surface area contributed by atoms with E-state index in [4.69, 9.17) is 0 Å². The summed E-state index contributed by atoms with van der Waals surface area (Å²) in [4.78, 5) is 0. The second kappa shape index (κ2) is 9.09. The molecule has 184 valence electrons. The van der Waals surface area contributed by atoms with Crippen molar-refractivity contribution in [1.29, 1.82) is 0 Å². The van der Waals surface area contributed by atoms with Crippen molar-refractivity contribution in [2.24, 2.45) is 0 Å². The lowest BCUT2D eigenvalue weighted by Gasteiger charge is -2.10. The molecule has 39 heavy (non-hydrogen) atoms. The van der Waals surface area contributed by atoms with Crippen LogP contribution >= 0.6 is 22.7 Å². The number of nitrogens with one attached hydrogen (secondary N) is 1. The molecule has 2 heterocycles. The number of hydrogen-bond donors (Lipinski definition) is 1. The van der Waals surface area contributed by atoms with E-state index in [1.54, 1.807) is 0 Å². The third kappa shape index (κ3) is 3.90. The number of hydrogen-bond acceptors (Lipinski definition) is 3. The Labute approximate surface area is 234 Å². The van der Waals surface area contributed by atoms with E-state index >= 15 is 0 Å². The second-order valence-corrected chi connectivity index (χ2v) is 12.0. The molecule has 0 amide bonds. The summed E-state index contributed by atoms with van der Waals surface area (Å²) in [5, 5.41) is 8.92. The Morgan fingerprint density at radius 2 is 0.949 bits per heavy atom. The molecule has 0 aliphatic heterocycles. The summed E-state index contributed by atoms with van der Waals surface area (Å²) < 4.78 is 5.37. The van der Waals surface area contributed by atoms with Crippen LogP contribution in [0.1, 0.15) is 0 Å². The van der Waals surface area contributed by atoms with E-state index in [-0.39, 0.29) is 0 Å². The molecule has 0 aliphatic carbocycles. The van der Waals surface area contributed by atoms with Crippen molar-refractivity contribution in [2.45, 2.75) is 0 Å². The number of thiophene rings is 2. The van der Waals surface area contributed by atoms with Gasteiger partial charge in [0.2, 0.25) is 0 Å². The number of benzene rings is 6. The van der Waals surface area contributed by atoms with Crippen molar-refractivity contribution in [3.63, 3.8) is 0 Å². The Hall–Kier alpha value is -4.44. The highest BCUT2D eigenvalue weighted by molar-refractivity contribution is 7.26. The zero-order chi connectivity index (χ0) is 25.8. The van der Waals surface area contributed by atoms with Crippen molar-refractivity contribution in [3.05, 3.63) is 133 Å². The predicted molar refractivity (Wildman–Crippen MR) is 173 cm³/mol. The Bertz CT molecular complexity index is 2130. The highest BCUT2D eigenvalue weighted by atomic mass is 32.1. The van der Waals surface area contributed by atoms with Crippen LogP contribution in [0.3, 0.4) is 0 Å². The third-order valence-corrected chi connectivity index (χ3v) is 9.86. The van der Waals surface area contributed by atoms with Crippen molar-refractivity contribution in [3.8, 4) is 22.3 Å². The first-order valence-corrected chi connectivity index (χ1v) is 14.7. The smallest absolute Gasteiger partial charge is 0.0433 e. The van der Waals surface area contributed by atoms with E-state index in [1.807, 2.05) is 22.7 Å². The molecule has 0 bridgehead atoms. The van der Waals surface area contributed by atoms with Gasteiger partial charge in [-0.15, -0.1) is 22.7 Å². The summed E-state index contributed by atoms with van der Waals surface area (Å²) in [7, 11) is 0. The summed E-state index contributed by atoms with van der Waals surface area (Å²) in [5.74, 6) is 0. The largest absolute Gasteiger partial charge is 0.356 e. The molecule has 0 unspecified atom stereocenters. The molecule has 1 N–H and O–H groups in total. The molecule has 2 aromatic heterocycles. The van der Waals surface area contributed by atoms with Gasteiger partial charge in [-0.1, -0.05) is 84.9 Å². The van der Waals surface area contributed by atoms with E-state index in [0.29, 0.717) is 0 Å². The first-order valence-electron chi connectivity index (χ1n) is 13.1. The summed E-state index contributed by atoms with van der Waals surface area (Å²) in [6.45, 7) is 0. The van der Waals surface area contributed by atoms with Crippen molar-refractivity contribution < 1.29 is 0 Å². The molecule has 0 spiro atoms. The number of rotatable bonds is 4. The van der Waals surface area contributed by atoms with E-state index in [2.05, 4.69) is 139 Å². The highest BCUT2D eigenvalue weighted by Gasteiger charge is 2.10. The SMILES string of the molecule is c1ccc2c(c1)sc1ccc(-c3ccc(Nc4ccc(-c5cccc6c5sc5ccccc56)cc4)cc3)cc12. The average molecular weight is 534 g/mol. The van der Waals surface area contributed by atoms with Gasteiger partial charge in [-0.05, 0) is 70.8 Å². The molecule has 8 rings (SSSR count). The lowest BCUT2D eigenvalue weighted by molar-refractivity contribution is 1.54. The fraction of sp³-hybridized carbons (Fsp3) is 0. The van der Waals surface area contributed by atoms with E-state index in [0.717, 1.165) is 11.4 Å². The zero-order valence-corrected chi connectivity index (χ0v) is 22.7. The molecule has 0 saturated heterocycles. The Balaban J connectivity index is 1.05. The average Bonchev–Trinajstić information content (AvgIpc) is 3.56. The Morgan fingerprint density at radius 1 is 0.385 bits per heavy atom. The minimum atomic E-state index is 1.08. The highest BCUT2D eigenvalue weighted by Crippen LogP contribution is 2.40. The van der Waals surface area contributed by atoms with Crippen LogP contribution < -0.4 is 5.32 Å². The maximum atomic E-state index is 3.57. The van der Waals surface area contributed by atoms with E-state index in [9.17, 15) is 0 Å². The minimum absolute atomic E-state index is 1.08. The lowest BCUT2D eigenvalue weighted by atomic mass is 10.0. The van der Waals surface area contributed by atoms with Crippen LogP contribution in [-0.4, -0.2) is 0 Å². The van der Waals surface area contributed by atoms with Gasteiger partial charge >= 0.3 is 0 Å². The molecule has 0 fully saturated rings. The van der Waals surface area contributed by atoms with Gasteiger partial charge in [-0.3, -0.25) is 0 Å². The summed E-state index contributed by atoms with van der Waals surface area (Å²) in [6, 6.07) is 48.3. The summed E-state index contributed by atoms with van der Waals surface area (Å²) in [6.07, 6.45) is 0. The maximum absolute atomic E-state index is 3.57. The van der Waals surface area contributed by atoms with Crippen molar-refractivity contribution in [2.75, 3.05) is 5.32 Å². The number of fused-ring (bicyclic) bond motifs is 6. The van der Waals surface area contributed by atoms with Crippen LogP contribution in [0.25, 0.3) is 62.6 Å². The third-order valence-electron chi connectivity index (χ3n) is 7.48. The van der Waals surface area contributed by atoms with Crippen molar-refractivity contribution in [1.82, 2.24) is 0 Å². The zero-order valence-electron chi connectivity index (χ0n) is 21.0. The molecule has 0 saturated carbocycles. The fourth-order valence-corrected chi connectivity index (χ4v) is 7.85. The van der Waals surface area contributed by atoms with Gasteiger partial charge in [0, 0.05) is 51.7 Å². The quantitative estimate of drug-likeness (QED) is 0.237. The standard InChI is InChI=1S/C36H23NS2/c1-4-11-34-29(6-1)31-9-5-8-28(36(31)39-34)24-14-19-27(20-15-24)37-26-17-12-23(13-18-26)25-16-21-35-32(22-25)30-7-2-3-10-33(30)38-35/h1-22,37H. The van der Waals surface area contributed by atoms with Gasteiger partial charge in [0.1, 0.15) is 0 Å². The molecule has 1 nitrogen and oxygen atoms in total. The monoisotopic (exact) mass is 533 g/mol. The van der Waals surface area contributed by atoms with Gasteiger partial charge < -0.3 is 5.32 Å². The van der Waals surface area contributed by atoms with Crippen LogP contribution in [0.4, 0.5) is 11.4 Å². The molecule has 6 aromatic carbocycles. The van der Waals surface area contributed by atoms with E-state index < -0.39 is 0 Å². The first-order chi connectivity index (χ1) is 19.3. The van der Waals surface area contributed by atoms with Gasteiger partial charge in [0.05, 0.1) is 0 Å². The van der Waals surface area contributed by atoms with Crippen LogP contribution in [0, 0.1) is 0 Å². The van der Waals surface area contributed by atoms with Gasteiger partial charge in [0.25, 0.3) is 0 Å². The number of anilines is 2. The van der Waals surface area contributed by atoms with Crippen LogP contribution in [0.5, 0.6) is 0 Å². The molecule has 0 atom stereocenters. The molecule has 0 radical (unpaired) electrons. The summed E-state index contributed by atoms with van der Waals surface area (Å²) >= 11 is 3.74. The Kier molecular flexibility index (Phi) is 5.25.